The second-order valence-electron chi connectivity index (χ2n) is 7.52. The number of benzene rings is 1. The molecule has 1 aliphatic heterocycles. The largest absolute Gasteiger partial charge is 0.374 e. The molecule has 0 radical (unpaired) electrons. The van der Waals surface area contributed by atoms with Gasteiger partial charge in [0.05, 0.1) is 18.5 Å². The molecule has 1 aromatic carbocycles. The van der Waals surface area contributed by atoms with Crippen LogP contribution in [-0.2, 0) is 22.4 Å². The number of rotatable bonds is 7. The highest BCUT2D eigenvalue weighted by molar-refractivity contribution is 8.00. The molecule has 1 unspecified atom stereocenters. The first-order valence-electron chi connectivity index (χ1n) is 9.45. The van der Waals surface area contributed by atoms with Gasteiger partial charge in [-0.05, 0) is 48.4 Å². The Balaban J connectivity index is 1.38. The summed E-state index contributed by atoms with van der Waals surface area (Å²) in [6.07, 6.45) is 3.76. The number of hydrogen-bond donors (Lipinski definition) is 1. The third-order valence-corrected chi connectivity index (χ3v) is 5.81. The summed E-state index contributed by atoms with van der Waals surface area (Å²) in [7, 11) is 0. The molecular weight excluding hydrogens is 332 g/mol. The summed E-state index contributed by atoms with van der Waals surface area (Å²) in [4.78, 5) is 15.8. The van der Waals surface area contributed by atoms with E-state index in [0.717, 1.165) is 26.2 Å². The fraction of sp³-hybridized carbons (Fsp3) is 0.650. The third-order valence-electron chi connectivity index (χ3n) is 4.81. The van der Waals surface area contributed by atoms with Gasteiger partial charge in [-0.15, -0.1) is 11.8 Å². The summed E-state index contributed by atoms with van der Waals surface area (Å²) >= 11 is 1.63. The van der Waals surface area contributed by atoms with E-state index in [1.807, 2.05) is 0 Å². The minimum Gasteiger partial charge on any atom is -0.374 e. The summed E-state index contributed by atoms with van der Waals surface area (Å²) in [5.74, 6) is 1.23. The van der Waals surface area contributed by atoms with Gasteiger partial charge in [-0.25, -0.2) is 0 Å². The number of nitrogens with zero attached hydrogens (tertiary/aromatic N) is 1. The lowest BCUT2D eigenvalue weighted by Gasteiger charge is -2.33. The quantitative estimate of drug-likeness (QED) is 0.758. The number of amides is 1. The number of carbonyl (C=O) groups is 1. The highest BCUT2D eigenvalue weighted by atomic mass is 32.2. The number of morpholine rings is 1. The molecule has 3 rings (SSSR count). The lowest BCUT2D eigenvalue weighted by Crippen LogP contribution is -2.48. The van der Waals surface area contributed by atoms with Crippen LogP contribution in [0.25, 0.3) is 0 Å². The third kappa shape index (κ3) is 5.73. The predicted octanol–water partition coefficient (Wildman–Crippen LogP) is 2.74. The van der Waals surface area contributed by atoms with E-state index in [1.165, 1.54) is 35.3 Å². The first-order valence-corrected chi connectivity index (χ1v) is 10.4. The molecule has 1 amide bonds. The van der Waals surface area contributed by atoms with Crippen molar-refractivity contribution in [3.05, 3.63) is 29.3 Å². The number of nitrogens with one attached hydrogen (secondary N) is 1. The van der Waals surface area contributed by atoms with Crippen molar-refractivity contribution in [3.63, 3.8) is 0 Å². The smallest absolute Gasteiger partial charge is 0.230 e. The van der Waals surface area contributed by atoms with Crippen molar-refractivity contribution in [2.75, 3.05) is 38.5 Å². The molecule has 2 aliphatic rings. The summed E-state index contributed by atoms with van der Waals surface area (Å²) in [5, 5.41) is 3.04. The molecule has 1 aliphatic carbocycles. The van der Waals surface area contributed by atoms with Crippen LogP contribution in [-0.4, -0.2) is 55.4 Å². The predicted molar refractivity (Wildman–Crippen MR) is 103 cm³/mol. The molecule has 1 heterocycles. The zero-order valence-corrected chi connectivity index (χ0v) is 16.2. The number of thioether (sulfide) groups is 1. The summed E-state index contributed by atoms with van der Waals surface area (Å²) < 4.78 is 5.79. The molecule has 0 spiro atoms. The van der Waals surface area contributed by atoms with E-state index < -0.39 is 0 Å². The van der Waals surface area contributed by atoms with Crippen LogP contribution < -0.4 is 5.32 Å². The van der Waals surface area contributed by atoms with Crippen LogP contribution in [0, 0.1) is 5.92 Å². The van der Waals surface area contributed by atoms with Crippen molar-refractivity contribution < 1.29 is 9.53 Å². The van der Waals surface area contributed by atoms with Crippen molar-refractivity contribution in [3.8, 4) is 0 Å². The van der Waals surface area contributed by atoms with Gasteiger partial charge < -0.3 is 10.1 Å². The Bertz CT molecular complexity index is 591. The van der Waals surface area contributed by atoms with Gasteiger partial charge in [0, 0.05) is 31.1 Å². The second-order valence-corrected chi connectivity index (χ2v) is 8.57. The molecule has 1 aromatic rings. The van der Waals surface area contributed by atoms with Gasteiger partial charge in [0.2, 0.25) is 5.91 Å². The van der Waals surface area contributed by atoms with Gasteiger partial charge in [-0.1, -0.05) is 19.9 Å². The highest BCUT2D eigenvalue weighted by Crippen LogP contribution is 2.27. The van der Waals surface area contributed by atoms with Crippen LogP contribution in [0.1, 0.15) is 31.4 Å². The molecular formula is C20H30N2O2S. The normalized spacial score (nSPS) is 20.7. The topological polar surface area (TPSA) is 41.6 Å². The first kappa shape index (κ1) is 18.7. The second kappa shape index (κ2) is 9.06. The summed E-state index contributed by atoms with van der Waals surface area (Å²) in [6, 6.07) is 6.63. The molecule has 0 saturated carbocycles. The van der Waals surface area contributed by atoms with Crippen LogP contribution in [0.4, 0.5) is 0 Å². The fourth-order valence-electron chi connectivity index (χ4n) is 3.65. The lowest BCUT2D eigenvalue weighted by molar-refractivity contribution is -0.119. The van der Waals surface area contributed by atoms with Crippen LogP contribution in [0.5, 0.6) is 0 Å². The Morgan fingerprint density at radius 2 is 2.20 bits per heavy atom. The average molecular weight is 363 g/mol. The van der Waals surface area contributed by atoms with Crippen molar-refractivity contribution >= 4 is 17.7 Å². The van der Waals surface area contributed by atoms with Gasteiger partial charge in [-0.3, -0.25) is 9.69 Å². The van der Waals surface area contributed by atoms with Gasteiger partial charge in [0.1, 0.15) is 0 Å². The Kier molecular flexibility index (Phi) is 6.79. The molecule has 0 aromatic heterocycles. The lowest BCUT2D eigenvalue weighted by atomic mass is 10.1. The number of fused-ring (bicyclic) bond motifs is 1. The van der Waals surface area contributed by atoms with E-state index in [0.29, 0.717) is 18.2 Å². The van der Waals surface area contributed by atoms with Crippen LogP contribution >= 0.6 is 11.8 Å². The standard InChI is InChI=1S/C20H30N2O2S/c1-15(2)12-22-8-9-24-18(13-22)11-21-20(23)14-25-19-7-6-16-4-3-5-17(16)10-19/h6-7,10,15,18H,3-5,8-9,11-14H2,1-2H3,(H,21,23). The maximum atomic E-state index is 12.2. The molecule has 138 valence electrons. The van der Waals surface area contributed by atoms with Crippen LogP contribution in [0.2, 0.25) is 0 Å². The fourth-order valence-corrected chi connectivity index (χ4v) is 4.44. The number of hydrogen-bond acceptors (Lipinski definition) is 4. The van der Waals surface area contributed by atoms with Crippen molar-refractivity contribution in [1.82, 2.24) is 10.2 Å². The highest BCUT2D eigenvalue weighted by Gasteiger charge is 2.21. The minimum absolute atomic E-state index is 0.0927. The molecule has 25 heavy (non-hydrogen) atoms. The van der Waals surface area contributed by atoms with E-state index in [1.54, 1.807) is 11.8 Å². The summed E-state index contributed by atoms with van der Waals surface area (Å²) in [5.41, 5.74) is 2.94. The van der Waals surface area contributed by atoms with Gasteiger partial charge in [0.25, 0.3) is 0 Å². The van der Waals surface area contributed by atoms with Crippen molar-refractivity contribution in [2.45, 2.75) is 44.1 Å². The van der Waals surface area contributed by atoms with E-state index in [2.05, 4.69) is 42.3 Å². The number of carbonyl (C=O) groups excluding carboxylic acids is 1. The average Bonchev–Trinajstić information content (AvgIpc) is 3.05. The Morgan fingerprint density at radius 3 is 3.04 bits per heavy atom. The van der Waals surface area contributed by atoms with E-state index in [9.17, 15) is 4.79 Å². The molecule has 1 atom stereocenters. The molecule has 1 fully saturated rings. The van der Waals surface area contributed by atoms with Crippen LogP contribution in [0.3, 0.4) is 0 Å². The molecule has 1 saturated heterocycles. The molecule has 5 heteroatoms. The van der Waals surface area contributed by atoms with Gasteiger partial charge >= 0.3 is 0 Å². The Labute approximate surface area is 155 Å². The van der Waals surface area contributed by atoms with E-state index in [-0.39, 0.29) is 12.0 Å². The molecule has 1 N–H and O–H groups in total. The molecule has 4 nitrogen and oxygen atoms in total. The maximum Gasteiger partial charge on any atom is 0.230 e. The number of aryl methyl sites for hydroxylation is 2. The van der Waals surface area contributed by atoms with Crippen molar-refractivity contribution in [1.29, 1.82) is 0 Å². The zero-order chi connectivity index (χ0) is 17.6. The maximum absolute atomic E-state index is 12.2. The van der Waals surface area contributed by atoms with Crippen LogP contribution in [0.15, 0.2) is 23.1 Å². The summed E-state index contributed by atoms with van der Waals surface area (Å²) in [6.45, 7) is 8.86. The monoisotopic (exact) mass is 362 g/mol. The minimum atomic E-state index is 0.0927. The Hall–Kier alpha value is -1.04. The zero-order valence-electron chi connectivity index (χ0n) is 15.4. The van der Waals surface area contributed by atoms with Gasteiger partial charge in [-0.2, -0.15) is 0 Å². The van der Waals surface area contributed by atoms with Crippen molar-refractivity contribution in [2.24, 2.45) is 5.92 Å². The van der Waals surface area contributed by atoms with E-state index in [4.69, 9.17) is 4.74 Å². The SMILES string of the molecule is CC(C)CN1CCOC(CNC(=O)CSc2ccc3c(c2)CCC3)C1. The van der Waals surface area contributed by atoms with E-state index >= 15 is 0 Å². The first-order chi connectivity index (χ1) is 12.1. The Morgan fingerprint density at radius 1 is 1.36 bits per heavy atom. The molecule has 0 bridgehead atoms. The number of ether oxygens (including phenoxy) is 1. The van der Waals surface area contributed by atoms with Gasteiger partial charge in [0.15, 0.2) is 0 Å².